The molecule has 0 fully saturated rings. The van der Waals surface area contributed by atoms with Crippen LogP contribution >= 0.6 is 31.9 Å². The molecule has 2 atom stereocenters. The number of halogens is 2. The van der Waals surface area contributed by atoms with Crippen molar-refractivity contribution in [3.63, 3.8) is 0 Å². The van der Waals surface area contributed by atoms with Gasteiger partial charge < -0.3 is 0 Å². The number of allylic oxidation sites excluding steroid dienone is 4. The third-order valence-electron chi connectivity index (χ3n) is 8.69. The van der Waals surface area contributed by atoms with Crippen LogP contribution in [0.15, 0.2) is 166 Å². The Morgan fingerprint density at radius 3 is 1.52 bits per heavy atom. The van der Waals surface area contributed by atoms with Crippen LogP contribution in [0.4, 0.5) is 0 Å². The minimum Gasteiger partial charge on any atom is -0.0839 e. The molecule has 0 N–H and O–H groups in total. The smallest absolute Gasteiger partial charge is 0.0705 e. The van der Waals surface area contributed by atoms with Crippen molar-refractivity contribution in [2.75, 3.05) is 0 Å². The van der Waals surface area contributed by atoms with Crippen LogP contribution in [0.1, 0.15) is 46.2 Å². The van der Waals surface area contributed by atoms with Crippen molar-refractivity contribution in [1.82, 2.24) is 0 Å². The van der Waals surface area contributed by atoms with Gasteiger partial charge in [-0.25, -0.2) is 0 Å². The van der Waals surface area contributed by atoms with E-state index in [0.717, 1.165) is 21.8 Å². The zero-order valence-electron chi connectivity index (χ0n) is 22.0. The number of rotatable bonds is 4. The van der Waals surface area contributed by atoms with E-state index in [0.29, 0.717) is 0 Å². The summed E-state index contributed by atoms with van der Waals surface area (Å²) in [4.78, 5) is 0. The number of hydrogen-bond acceptors (Lipinski definition) is 0. The van der Waals surface area contributed by atoms with Crippen molar-refractivity contribution in [1.29, 1.82) is 0 Å². The molecular formula is C38H28Br2. The molecule has 0 amide bonds. The van der Waals surface area contributed by atoms with E-state index in [-0.39, 0.29) is 0 Å². The van der Waals surface area contributed by atoms with Crippen LogP contribution in [0.5, 0.6) is 0 Å². The highest BCUT2D eigenvalue weighted by atomic mass is 79.9. The van der Waals surface area contributed by atoms with E-state index in [2.05, 4.69) is 177 Å². The molecule has 2 heteroatoms. The second-order valence-corrected chi connectivity index (χ2v) is 12.5. The van der Waals surface area contributed by atoms with Gasteiger partial charge in [-0.3, -0.25) is 0 Å². The second-order valence-electron chi connectivity index (χ2n) is 10.6. The molecular weight excluding hydrogens is 616 g/mol. The third kappa shape index (κ3) is 3.70. The Hall–Kier alpha value is -3.46. The predicted molar refractivity (Wildman–Crippen MR) is 173 cm³/mol. The summed E-state index contributed by atoms with van der Waals surface area (Å²) in [6, 6.07) is 49.2. The third-order valence-corrected chi connectivity index (χ3v) is 9.68. The van der Waals surface area contributed by atoms with Gasteiger partial charge in [-0.05, 0) is 81.6 Å². The first-order chi connectivity index (χ1) is 19.7. The standard InChI is InChI=1S/C38H28Br2/c39-31-19-11-17-29(25-31)37(27-13-3-1-4-14-27)33-21-7-9-23-35(33)38(28-15-5-2-6-16-28,30-18-12-20-32(40)26-30)36-24-10-8-22-34(36)37/h1-9,11-23,25-26H,10,24H2. The highest BCUT2D eigenvalue weighted by molar-refractivity contribution is 9.10. The summed E-state index contributed by atoms with van der Waals surface area (Å²) in [5, 5.41) is 0. The van der Waals surface area contributed by atoms with Crippen LogP contribution < -0.4 is 0 Å². The highest BCUT2D eigenvalue weighted by Crippen LogP contribution is 2.62. The molecule has 0 nitrogen and oxygen atoms in total. The molecule has 0 aliphatic heterocycles. The summed E-state index contributed by atoms with van der Waals surface area (Å²) in [7, 11) is 0. The molecule has 2 unspecified atom stereocenters. The van der Waals surface area contributed by atoms with Gasteiger partial charge in [0.2, 0.25) is 0 Å². The van der Waals surface area contributed by atoms with E-state index in [4.69, 9.17) is 0 Å². The monoisotopic (exact) mass is 642 g/mol. The summed E-state index contributed by atoms with van der Waals surface area (Å²) < 4.78 is 2.18. The molecule has 0 saturated heterocycles. The van der Waals surface area contributed by atoms with Gasteiger partial charge in [-0.1, -0.05) is 153 Å². The van der Waals surface area contributed by atoms with Crippen LogP contribution in [0.2, 0.25) is 0 Å². The number of hydrogen-bond donors (Lipinski definition) is 0. The van der Waals surface area contributed by atoms with Gasteiger partial charge >= 0.3 is 0 Å². The number of fused-ring (bicyclic) bond motifs is 1. The zero-order chi connectivity index (χ0) is 27.2. The van der Waals surface area contributed by atoms with Gasteiger partial charge in [0.25, 0.3) is 0 Å². The van der Waals surface area contributed by atoms with E-state index in [1.54, 1.807) is 0 Å². The van der Waals surface area contributed by atoms with Crippen molar-refractivity contribution >= 4 is 31.9 Å². The van der Waals surface area contributed by atoms with Crippen molar-refractivity contribution in [3.8, 4) is 0 Å². The van der Waals surface area contributed by atoms with Gasteiger partial charge in [0, 0.05) is 8.95 Å². The van der Waals surface area contributed by atoms with Gasteiger partial charge in [-0.2, -0.15) is 0 Å². The lowest BCUT2D eigenvalue weighted by Crippen LogP contribution is -2.46. The topological polar surface area (TPSA) is 0 Å². The highest BCUT2D eigenvalue weighted by Gasteiger charge is 2.54. The first-order valence-corrected chi connectivity index (χ1v) is 15.4. The predicted octanol–water partition coefficient (Wildman–Crippen LogP) is 10.5. The maximum Gasteiger partial charge on any atom is 0.0705 e. The minimum absolute atomic E-state index is 0.425. The van der Waals surface area contributed by atoms with Gasteiger partial charge in [0.15, 0.2) is 0 Å². The van der Waals surface area contributed by atoms with E-state index < -0.39 is 10.8 Å². The maximum atomic E-state index is 3.82. The summed E-state index contributed by atoms with van der Waals surface area (Å²) in [5.41, 5.74) is 9.80. The lowest BCUT2D eigenvalue weighted by Gasteiger charge is -2.52. The molecule has 0 radical (unpaired) electrons. The van der Waals surface area contributed by atoms with Crippen molar-refractivity contribution in [3.05, 3.63) is 199 Å². The fraction of sp³-hybridized carbons (Fsp3) is 0.105. The largest absolute Gasteiger partial charge is 0.0839 e. The quantitative estimate of drug-likeness (QED) is 0.183. The Morgan fingerprint density at radius 1 is 0.475 bits per heavy atom. The molecule has 194 valence electrons. The average molecular weight is 644 g/mol. The van der Waals surface area contributed by atoms with Crippen LogP contribution in [0, 0.1) is 0 Å². The Labute approximate surface area is 253 Å². The molecule has 0 spiro atoms. The van der Waals surface area contributed by atoms with Crippen LogP contribution in [-0.2, 0) is 10.8 Å². The Kier molecular flexibility index (Phi) is 6.49. The second kappa shape index (κ2) is 10.2. The van der Waals surface area contributed by atoms with Crippen LogP contribution in [0.3, 0.4) is 0 Å². The average Bonchev–Trinajstić information content (AvgIpc) is 3.01. The molecule has 5 aromatic carbocycles. The van der Waals surface area contributed by atoms with Gasteiger partial charge in [-0.15, -0.1) is 0 Å². The molecule has 2 aliphatic carbocycles. The molecule has 0 saturated carbocycles. The minimum atomic E-state index is -0.460. The van der Waals surface area contributed by atoms with Crippen LogP contribution in [0.25, 0.3) is 0 Å². The van der Waals surface area contributed by atoms with E-state index in [1.165, 1.54) is 44.5 Å². The Morgan fingerprint density at radius 2 is 0.950 bits per heavy atom. The lowest BCUT2D eigenvalue weighted by atomic mass is 9.49. The van der Waals surface area contributed by atoms with E-state index >= 15 is 0 Å². The van der Waals surface area contributed by atoms with Crippen molar-refractivity contribution in [2.24, 2.45) is 0 Å². The van der Waals surface area contributed by atoms with Crippen LogP contribution in [-0.4, -0.2) is 0 Å². The SMILES string of the molecule is Brc1cccc(C2(c3ccccc3)C3=C(CCC=C3)C(c3ccccc3)(c3cccc(Br)c3)c3ccccc32)c1. The van der Waals surface area contributed by atoms with Gasteiger partial charge in [0.1, 0.15) is 0 Å². The zero-order valence-corrected chi connectivity index (χ0v) is 25.2. The van der Waals surface area contributed by atoms with E-state index in [9.17, 15) is 0 Å². The fourth-order valence-corrected chi connectivity index (χ4v) is 8.08. The first kappa shape index (κ1) is 25.5. The first-order valence-electron chi connectivity index (χ1n) is 13.8. The lowest BCUT2D eigenvalue weighted by molar-refractivity contribution is 0.575. The van der Waals surface area contributed by atoms with Crippen molar-refractivity contribution < 1.29 is 0 Å². The van der Waals surface area contributed by atoms with Gasteiger partial charge in [0.05, 0.1) is 10.8 Å². The Balaban J connectivity index is 1.73. The summed E-state index contributed by atoms with van der Waals surface area (Å²) in [5.74, 6) is 0. The summed E-state index contributed by atoms with van der Waals surface area (Å²) in [6.07, 6.45) is 6.81. The van der Waals surface area contributed by atoms with Crippen molar-refractivity contribution in [2.45, 2.75) is 23.7 Å². The molecule has 7 rings (SSSR count). The molecule has 0 heterocycles. The summed E-state index contributed by atoms with van der Waals surface area (Å²) >= 11 is 7.64. The molecule has 0 aromatic heterocycles. The summed E-state index contributed by atoms with van der Waals surface area (Å²) in [6.45, 7) is 0. The number of benzene rings is 5. The molecule has 5 aromatic rings. The molecule has 2 aliphatic rings. The molecule has 0 bridgehead atoms. The maximum absolute atomic E-state index is 3.82. The van der Waals surface area contributed by atoms with E-state index in [1.807, 2.05) is 0 Å². The molecule has 40 heavy (non-hydrogen) atoms. The Bertz CT molecular complexity index is 1770. The normalized spacial score (nSPS) is 21.6. The fourth-order valence-electron chi connectivity index (χ4n) is 7.28.